The molecule has 7 heteroatoms. The maximum absolute atomic E-state index is 13.1. The molecule has 0 atom stereocenters. The molecule has 0 aliphatic rings. The Morgan fingerprint density at radius 2 is 1.95 bits per heavy atom. The molecule has 0 bridgehead atoms. The fraction of sp³-hybridized carbons (Fsp3) is 0.143. The zero-order valence-electron chi connectivity index (χ0n) is 10.9. The molecule has 4 nitrogen and oxygen atoms in total. The van der Waals surface area contributed by atoms with Gasteiger partial charge in [-0.1, -0.05) is 12.1 Å². The molecule has 0 amide bonds. The number of aromatic nitrogens is 3. The van der Waals surface area contributed by atoms with Gasteiger partial charge in [0.1, 0.15) is 5.75 Å². The lowest BCUT2D eigenvalue weighted by molar-refractivity contribution is -0.142. The molecule has 3 aromatic rings. The topological polar surface area (TPSA) is 39.4 Å². The van der Waals surface area contributed by atoms with E-state index in [0.29, 0.717) is 11.3 Å². The summed E-state index contributed by atoms with van der Waals surface area (Å²) in [4.78, 5) is 4.20. The highest BCUT2D eigenvalue weighted by molar-refractivity contribution is 5.64. The van der Waals surface area contributed by atoms with Gasteiger partial charge in [-0.3, -0.25) is 0 Å². The van der Waals surface area contributed by atoms with E-state index in [1.54, 1.807) is 24.3 Å². The van der Waals surface area contributed by atoms with Gasteiger partial charge in [0, 0.05) is 11.6 Å². The highest BCUT2D eigenvalue weighted by Gasteiger charge is 2.35. The second-order valence-electron chi connectivity index (χ2n) is 4.36. The van der Waals surface area contributed by atoms with E-state index in [2.05, 4.69) is 10.1 Å². The Morgan fingerprint density at radius 1 is 1.14 bits per heavy atom. The summed E-state index contributed by atoms with van der Waals surface area (Å²) in [5.74, 6) is 0.552. The van der Waals surface area contributed by atoms with E-state index in [1.807, 2.05) is 0 Å². The molecule has 0 N–H and O–H groups in total. The molecule has 108 valence electrons. The first kappa shape index (κ1) is 13.4. The minimum Gasteiger partial charge on any atom is -0.497 e. The van der Waals surface area contributed by atoms with Crippen molar-refractivity contribution in [3.63, 3.8) is 0 Å². The molecule has 0 unspecified atom stereocenters. The lowest BCUT2D eigenvalue weighted by atomic mass is 10.1. The second-order valence-corrected chi connectivity index (χ2v) is 4.36. The molecule has 21 heavy (non-hydrogen) atoms. The van der Waals surface area contributed by atoms with Crippen LogP contribution in [0.4, 0.5) is 13.2 Å². The number of halogens is 3. The Morgan fingerprint density at radius 3 is 2.67 bits per heavy atom. The van der Waals surface area contributed by atoms with E-state index in [-0.39, 0.29) is 11.3 Å². The molecule has 0 radical (unpaired) electrons. The van der Waals surface area contributed by atoms with Gasteiger partial charge in [-0.2, -0.15) is 18.3 Å². The van der Waals surface area contributed by atoms with Crippen LogP contribution in [-0.4, -0.2) is 21.7 Å². The third kappa shape index (κ3) is 2.42. The maximum atomic E-state index is 13.1. The number of benzene rings is 1. The van der Waals surface area contributed by atoms with Crippen molar-refractivity contribution in [1.82, 2.24) is 14.6 Å². The predicted octanol–water partition coefficient (Wildman–Crippen LogP) is 3.42. The summed E-state index contributed by atoms with van der Waals surface area (Å²) in [5, 5.41) is 3.66. The summed E-state index contributed by atoms with van der Waals surface area (Å²) in [7, 11) is 1.49. The minimum absolute atomic E-state index is 0.141. The predicted molar refractivity (Wildman–Crippen MR) is 70.0 cm³/mol. The van der Waals surface area contributed by atoms with Gasteiger partial charge in [-0.05, 0) is 18.2 Å². The molecular weight excluding hydrogens is 283 g/mol. The smallest absolute Gasteiger partial charge is 0.433 e. The number of hydrogen-bond acceptors (Lipinski definition) is 3. The number of hydrogen-bond donors (Lipinski definition) is 0. The van der Waals surface area contributed by atoms with Gasteiger partial charge in [0.05, 0.1) is 19.0 Å². The Bertz CT molecular complexity index is 796. The summed E-state index contributed by atoms with van der Waals surface area (Å²) in [6.07, 6.45) is -3.23. The average Bonchev–Trinajstić information content (AvgIpc) is 2.93. The number of alkyl halides is 3. The van der Waals surface area contributed by atoms with E-state index in [1.165, 1.54) is 19.4 Å². The third-order valence-electron chi connectivity index (χ3n) is 3.02. The number of fused-ring (bicyclic) bond motifs is 1. The van der Waals surface area contributed by atoms with Crippen LogP contribution in [0.1, 0.15) is 5.69 Å². The molecule has 2 aromatic heterocycles. The van der Waals surface area contributed by atoms with Crippen molar-refractivity contribution >= 4 is 5.65 Å². The van der Waals surface area contributed by atoms with Gasteiger partial charge < -0.3 is 4.74 Å². The van der Waals surface area contributed by atoms with Crippen LogP contribution in [0.5, 0.6) is 5.75 Å². The minimum atomic E-state index is -4.51. The highest BCUT2D eigenvalue weighted by Crippen LogP contribution is 2.32. The molecule has 1 aromatic carbocycles. The van der Waals surface area contributed by atoms with Crippen molar-refractivity contribution in [3.8, 4) is 17.0 Å². The van der Waals surface area contributed by atoms with Crippen molar-refractivity contribution in [3.05, 3.63) is 48.3 Å². The fourth-order valence-corrected chi connectivity index (χ4v) is 2.05. The van der Waals surface area contributed by atoms with Gasteiger partial charge in [0.15, 0.2) is 11.3 Å². The first-order valence-corrected chi connectivity index (χ1v) is 6.05. The Balaban J connectivity index is 2.23. The largest absolute Gasteiger partial charge is 0.497 e. The lowest BCUT2D eigenvalue weighted by Gasteiger charge is -2.11. The van der Waals surface area contributed by atoms with Crippen LogP contribution >= 0.6 is 0 Å². The van der Waals surface area contributed by atoms with Crippen LogP contribution in [0, 0.1) is 0 Å². The van der Waals surface area contributed by atoms with Gasteiger partial charge in [-0.15, -0.1) is 0 Å². The number of nitrogens with zero attached hydrogens (tertiary/aromatic N) is 3. The zero-order chi connectivity index (χ0) is 15.0. The van der Waals surface area contributed by atoms with Gasteiger partial charge in [-0.25, -0.2) is 9.50 Å². The first-order chi connectivity index (χ1) is 9.99. The van der Waals surface area contributed by atoms with Crippen molar-refractivity contribution < 1.29 is 17.9 Å². The van der Waals surface area contributed by atoms with Crippen molar-refractivity contribution in [2.75, 3.05) is 7.11 Å². The van der Waals surface area contributed by atoms with Gasteiger partial charge >= 0.3 is 6.18 Å². The van der Waals surface area contributed by atoms with Crippen LogP contribution in [0.25, 0.3) is 16.9 Å². The Hall–Kier alpha value is -2.57. The molecular formula is C14H10F3N3O. The zero-order valence-corrected chi connectivity index (χ0v) is 10.9. The summed E-state index contributed by atoms with van der Waals surface area (Å²) >= 11 is 0. The molecule has 0 fully saturated rings. The normalized spacial score (nSPS) is 11.8. The summed E-state index contributed by atoms with van der Waals surface area (Å²) in [6.45, 7) is 0. The van der Waals surface area contributed by atoms with Gasteiger partial charge in [0.2, 0.25) is 0 Å². The molecule has 0 aliphatic carbocycles. The van der Waals surface area contributed by atoms with Crippen LogP contribution in [0.3, 0.4) is 0 Å². The highest BCUT2D eigenvalue weighted by atomic mass is 19.4. The monoisotopic (exact) mass is 293 g/mol. The standard InChI is InChI=1S/C14H10F3N3O/c1-21-10-4-2-3-9(7-10)11-8-12(14(15,16)17)20-13(19-11)5-6-18-20/h2-8H,1H3. The third-order valence-corrected chi connectivity index (χ3v) is 3.02. The molecule has 0 aliphatic heterocycles. The van der Waals surface area contributed by atoms with E-state index in [9.17, 15) is 13.2 Å². The van der Waals surface area contributed by atoms with Crippen molar-refractivity contribution in [2.24, 2.45) is 0 Å². The summed E-state index contributed by atoms with van der Waals surface area (Å²) in [5.41, 5.74) is 0.0377. The van der Waals surface area contributed by atoms with E-state index < -0.39 is 11.9 Å². The van der Waals surface area contributed by atoms with E-state index >= 15 is 0 Å². The molecule has 3 rings (SSSR count). The average molecular weight is 293 g/mol. The molecule has 0 saturated heterocycles. The van der Waals surface area contributed by atoms with Crippen LogP contribution in [-0.2, 0) is 6.18 Å². The quantitative estimate of drug-likeness (QED) is 0.726. The fourth-order valence-electron chi connectivity index (χ4n) is 2.05. The molecule has 0 spiro atoms. The van der Waals surface area contributed by atoms with Crippen molar-refractivity contribution in [2.45, 2.75) is 6.18 Å². The summed E-state index contributed by atoms with van der Waals surface area (Å²) in [6, 6.07) is 9.14. The summed E-state index contributed by atoms with van der Waals surface area (Å²) < 4.78 is 45.2. The maximum Gasteiger partial charge on any atom is 0.433 e. The van der Waals surface area contributed by atoms with Crippen LogP contribution in [0.15, 0.2) is 42.6 Å². The number of methoxy groups -OCH3 is 1. The van der Waals surface area contributed by atoms with E-state index in [4.69, 9.17) is 4.74 Å². The van der Waals surface area contributed by atoms with Crippen LogP contribution < -0.4 is 4.74 Å². The second kappa shape index (κ2) is 4.76. The Labute approximate surface area is 117 Å². The van der Waals surface area contributed by atoms with E-state index in [0.717, 1.165) is 10.6 Å². The first-order valence-electron chi connectivity index (χ1n) is 6.05. The Kier molecular flexibility index (Phi) is 3.04. The SMILES string of the molecule is COc1cccc(-c2cc(C(F)(F)F)n3nccc3n2)c1. The van der Waals surface area contributed by atoms with Crippen LogP contribution in [0.2, 0.25) is 0 Å². The van der Waals surface area contributed by atoms with Crippen molar-refractivity contribution in [1.29, 1.82) is 0 Å². The molecule has 0 saturated carbocycles. The number of rotatable bonds is 2. The lowest BCUT2D eigenvalue weighted by Crippen LogP contribution is -2.13. The molecule has 2 heterocycles. The number of ether oxygens (including phenoxy) is 1. The van der Waals surface area contributed by atoms with Gasteiger partial charge in [0.25, 0.3) is 0 Å².